The summed E-state index contributed by atoms with van der Waals surface area (Å²) in [5.74, 6) is 0.145. The minimum atomic E-state index is -4.03. The van der Waals surface area contributed by atoms with Crippen LogP contribution in [-0.4, -0.2) is 40.6 Å². The maximum atomic E-state index is 11.9. The van der Waals surface area contributed by atoms with E-state index >= 15 is 0 Å². The quantitative estimate of drug-likeness (QED) is 0.841. The number of aromatic nitrogens is 1. The number of benzene rings is 1. The molecular weight excluding hydrogens is 366 g/mol. The second-order valence-electron chi connectivity index (χ2n) is 5.25. The molecule has 1 aliphatic heterocycles. The lowest BCUT2D eigenvalue weighted by atomic mass is 10.0. The molecule has 0 saturated carbocycles. The van der Waals surface area contributed by atoms with Crippen LogP contribution in [0.2, 0.25) is 0 Å². The SMILES string of the molecule is CS(=O)(=O)c1ccc(-c2cccc(S(N)(=O)=O)c2C2=NCN=N2)cn1. The summed E-state index contributed by atoms with van der Waals surface area (Å²) in [6.07, 6.45) is 2.39. The number of sulfonamides is 1. The van der Waals surface area contributed by atoms with Crippen molar-refractivity contribution in [1.82, 2.24) is 4.98 Å². The number of nitrogens with zero attached hydrogens (tertiary/aromatic N) is 4. The number of aliphatic imine (C=N–C) groups is 1. The van der Waals surface area contributed by atoms with Crippen molar-refractivity contribution in [2.24, 2.45) is 20.4 Å². The highest BCUT2D eigenvalue weighted by Crippen LogP contribution is 2.30. The Morgan fingerprint density at radius 3 is 2.36 bits per heavy atom. The van der Waals surface area contributed by atoms with E-state index in [1.165, 1.54) is 30.5 Å². The monoisotopic (exact) mass is 379 g/mol. The molecule has 9 nitrogen and oxygen atoms in total. The second-order valence-corrected chi connectivity index (χ2v) is 8.74. The summed E-state index contributed by atoms with van der Waals surface area (Å²) in [4.78, 5) is 7.85. The molecule has 0 spiro atoms. The second kappa shape index (κ2) is 6.10. The van der Waals surface area contributed by atoms with E-state index in [0.29, 0.717) is 11.1 Å². The van der Waals surface area contributed by atoms with Crippen molar-refractivity contribution in [1.29, 1.82) is 0 Å². The average molecular weight is 379 g/mol. The van der Waals surface area contributed by atoms with Crippen molar-refractivity contribution in [2.45, 2.75) is 9.92 Å². The Labute approximate surface area is 144 Å². The van der Waals surface area contributed by atoms with Crippen molar-refractivity contribution >= 4 is 25.7 Å². The maximum Gasteiger partial charge on any atom is 0.238 e. The van der Waals surface area contributed by atoms with Crippen molar-refractivity contribution in [3.63, 3.8) is 0 Å². The summed E-state index contributed by atoms with van der Waals surface area (Å²) in [7, 11) is -7.47. The molecule has 25 heavy (non-hydrogen) atoms. The van der Waals surface area contributed by atoms with Gasteiger partial charge >= 0.3 is 0 Å². The summed E-state index contributed by atoms with van der Waals surface area (Å²) in [6.45, 7) is 0.0962. The topological polar surface area (TPSA) is 144 Å². The normalized spacial score (nSPS) is 14.6. The molecule has 0 bridgehead atoms. The van der Waals surface area contributed by atoms with E-state index in [1.807, 2.05) is 0 Å². The molecule has 11 heteroatoms. The molecule has 2 aromatic rings. The molecule has 2 heterocycles. The van der Waals surface area contributed by atoms with Gasteiger partial charge in [0.15, 0.2) is 27.4 Å². The van der Waals surface area contributed by atoms with Crippen LogP contribution >= 0.6 is 0 Å². The number of azo groups is 1. The Kier molecular flexibility index (Phi) is 4.22. The highest BCUT2D eigenvalue weighted by Gasteiger charge is 2.23. The van der Waals surface area contributed by atoms with Crippen LogP contribution in [0.15, 0.2) is 61.7 Å². The molecule has 130 valence electrons. The first-order chi connectivity index (χ1) is 11.7. The van der Waals surface area contributed by atoms with Gasteiger partial charge in [-0.1, -0.05) is 12.1 Å². The van der Waals surface area contributed by atoms with Gasteiger partial charge in [0.1, 0.15) is 0 Å². The number of amidine groups is 1. The third-order valence-corrected chi connectivity index (χ3v) is 5.39. The number of nitrogens with two attached hydrogens (primary N) is 1. The van der Waals surface area contributed by atoms with Crippen LogP contribution < -0.4 is 5.14 Å². The Balaban J connectivity index is 2.25. The predicted molar refractivity (Wildman–Crippen MR) is 90.4 cm³/mol. The number of hydrogen-bond acceptors (Lipinski definition) is 8. The summed E-state index contributed by atoms with van der Waals surface area (Å²) in [6, 6.07) is 7.40. The molecule has 0 unspecified atom stereocenters. The molecule has 1 aromatic carbocycles. The fourth-order valence-electron chi connectivity index (χ4n) is 2.36. The molecular formula is C14H13N5O4S2. The first kappa shape index (κ1) is 17.3. The smallest absolute Gasteiger partial charge is 0.238 e. The summed E-state index contributed by atoms with van der Waals surface area (Å²) < 4.78 is 46.9. The van der Waals surface area contributed by atoms with Crippen molar-refractivity contribution in [2.75, 3.05) is 12.9 Å². The summed E-state index contributed by atoms with van der Waals surface area (Å²) >= 11 is 0. The van der Waals surface area contributed by atoms with Crippen LogP contribution in [0.1, 0.15) is 5.56 Å². The Morgan fingerprint density at radius 1 is 1.08 bits per heavy atom. The van der Waals surface area contributed by atoms with Crippen LogP contribution in [0.3, 0.4) is 0 Å². The zero-order chi connectivity index (χ0) is 18.2. The lowest BCUT2D eigenvalue weighted by Gasteiger charge is -2.12. The molecule has 3 rings (SSSR count). The molecule has 0 saturated heterocycles. The van der Waals surface area contributed by atoms with Crippen LogP contribution in [0.5, 0.6) is 0 Å². The van der Waals surface area contributed by atoms with Gasteiger partial charge in [-0.05, 0) is 23.8 Å². The van der Waals surface area contributed by atoms with E-state index in [-0.39, 0.29) is 28.0 Å². The molecule has 0 radical (unpaired) electrons. The van der Waals surface area contributed by atoms with E-state index in [2.05, 4.69) is 20.2 Å². The number of pyridine rings is 1. The molecule has 0 atom stereocenters. The zero-order valence-corrected chi connectivity index (χ0v) is 14.6. The Bertz CT molecular complexity index is 1100. The molecule has 0 fully saturated rings. The van der Waals surface area contributed by atoms with Gasteiger partial charge in [-0.25, -0.2) is 32.0 Å². The first-order valence-corrected chi connectivity index (χ1v) is 10.4. The van der Waals surface area contributed by atoms with Gasteiger partial charge in [-0.15, -0.1) is 5.11 Å². The fourth-order valence-corrected chi connectivity index (χ4v) is 3.67. The van der Waals surface area contributed by atoms with Crippen LogP contribution in [0, 0.1) is 0 Å². The number of sulfone groups is 1. The van der Waals surface area contributed by atoms with Crippen molar-refractivity contribution in [3.05, 3.63) is 42.1 Å². The Hall–Kier alpha value is -2.50. The minimum Gasteiger partial charge on any atom is -0.244 e. The highest BCUT2D eigenvalue weighted by atomic mass is 32.2. The Morgan fingerprint density at radius 2 is 1.84 bits per heavy atom. The van der Waals surface area contributed by atoms with Crippen LogP contribution in [0.4, 0.5) is 0 Å². The minimum absolute atomic E-state index is 0.0849. The van der Waals surface area contributed by atoms with Gasteiger partial charge in [0.2, 0.25) is 10.0 Å². The molecule has 0 amide bonds. The van der Waals surface area contributed by atoms with E-state index in [4.69, 9.17) is 5.14 Å². The van der Waals surface area contributed by atoms with Gasteiger partial charge in [0, 0.05) is 23.6 Å². The predicted octanol–water partition coefficient (Wildman–Crippen LogP) is 0.969. The van der Waals surface area contributed by atoms with E-state index in [9.17, 15) is 16.8 Å². The molecule has 1 aromatic heterocycles. The van der Waals surface area contributed by atoms with E-state index < -0.39 is 19.9 Å². The van der Waals surface area contributed by atoms with Gasteiger partial charge in [0.25, 0.3) is 0 Å². The maximum absolute atomic E-state index is 11.9. The highest BCUT2D eigenvalue weighted by molar-refractivity contribution is 7.90. The van der Waals surface area contributed by atoms with E-state index in [1.54, 1.807) is 6.07 Å². The van der Waals surface area contributed by atoms with Crippen LogP contribution in [-0.2, 0) is 19.9 Å². The van der Waals surface area contributed by atoms with Crippen molar-refractivity contribution in [3.8, 4) is 11.1 Å². The van der Waals surface area contributed by atoms with Crippen molar-refractivity contribution < 1.29 is 16.8 Å². The largest absolute Gasteiger partial charge is 0.244 e. The lowest BCUT2D eigenvalue weighted by Crippen LogP contribution is -2.17. The van der Waals surface area contributed by atoms with Gasteiger partial charge < -0.3 is 0 Å². The van der Waals surface area contributed by atoms with Gasteiger partial charge in [0.05, 0.1) is 4.90 Å². The van der Waals surface area contributed by atoms with E-state index in [0.717, 1.165) is 6.26 Å². The number of rotatable bonds is 4. The summed E-state index contributed by atoms with van der Waals surface area (Å²) in [5, 5.41) is 12.8. The lowest BCUT2D eigenvalue weighted by molar-refractivity contribution is 0.596. The average Bonchev–Trinajstić information content (AvgIpc) is 3.07. The van der Waals surface area contributed by atoms with Gasteiger partial charge in [-0.3, -0.25) is 0 Å². The summed E-state index contributed by atoms with van der Waals surface area (Å²) in [5.41, 5.74) is 1.16. The fraction of sp³-hybridized carbons (Fsp3) is 0.143. The van der Waals surface area contributed by atoms with Crippen LogP contribution in [0.25, 0.3) is 11.1 Å². The number of primary sulfonamides is 1. The molecule has 2 N–H and O–H groups in total. The third kappa shape index (κ3) is 3.48. The first-order valence-electron chi connectivity index (χ1n) is 6.92. The third-order valence-electron chi connectivity index (χ3n) is 3.43. The zero-order valence-electron chi connectivity index (χ0n) is 13.0. The van der Waals surface area contributed by atoms with Gasteiger partial charge in [-0.2, -0.15) is 5.11 Å². The standard InChI is InChI=1S/C14H13N5O4S2/c1-24(20,21)12-6-5-9(7-16-12)10-3-2-4-11(25(15,22)23)13(10)14-17-8-18-19-14/h2-7H,8H2,1H3,(H2,15,22,23). The molecule has 0 aliphatic carbocycles. The number of hydrogen-bond donors (Lipinski definition) is 1. The molecule has 1 aliphatic rings.